The normalized spacial score (nSPS) is 13.3. The van der Waals surface area contributed by atoms with Crippen LogP contribution in [0.25, 0.3) is 0 Å². The molecule has 40 heavy (non-hydrogen) atoms. The standard InChI is InChI=1S/C29H43BO10/c1-9-22(5)35-16-24(19-38-27(33)12-4)20-40-28(6,7)13-14-39-29(8,30)21-34-15-23(17-36-25(31)10-2)18-37-26(32)11-3/h9-12,23-24H,1-5,13-21H2,6-8H3. The fourth-order valence-corrected chi connectivity index (χ4v) is 2.76. The number of carbonyl (C=O) groups excluding carboxylic acids is 3. The molecule has 222 valence electrons. The molecule has 0 heterocycles. The maximum atomic E-state index is 11.5. The van der Waals surface area contributed by atoms with E-state index in [0.717, 1.165) is 18.2 Å². The number of esters is 3. The zero-order valence-electron chi connectivity index (χ0n) is 24.0. The van der Waals surface area contributed by atoms with E-state index in [1.807, 2.05) is 13.8 Å². The molecular formula is C29H43BO10. The topological polar surface area (TPSA) is 116 Å². The third kappa shape index (κ3) is 19.0. The van der Waals surface area contributed by atoms with Crippen LogP contribution in [0.1, 0.15) is 27.2 Å². The number of ether oxygens (including phenoxy) is 7. The third-order valence-electron chi connectivity index (χ3n) is 5.20. The molecule has 0 saturated carbocycles. The highest BCUT2D eigenvalue weighted by Gasteiger charge is 2.25. The van der Waals surface area contributed by atoms with Crippen molar-refractivity contribution in [3.63, 3.8) is 0 Å². The SMILES string of the molecule is [B]C(C)(COCC(COC(=O)C=C)COC(=O)C=C)OCCC(C)(C)OCC(COC(=C)C=C)COC(=O)C=C. The van der Waals surface area contributed by atoms with Gasteiger partial charge in [0.1, 0.15) is 13.6 Å². The van der Waals surface area contributed by atoms with Crippen LogP contribution >= 0.6 is 0 Å². The lowest BCUT2D eigenvalue weighted by molar-refractivity contribution is -0.146. The van der Waals surface area contributed by atoms with Gasteiger partial charge in [-0.1, -0.05) is 32.9 Å². The van der Waals surface area contributed by atoms with Crippen molar-refractivity contribution in [1.82, 2.24) is 0 Å². The van der Waals surface area contributed by atoms with Gasteiger partial charge in [0.15, 0.2) is 0 Å². The van der Waals surface area contributed by atoms with E-state index >= 15 is 0 Å². The van der Waals surface area contributed by atoms with Crippen LogP contribution in [-0.4, -0.2) is 89.7 Å². The van der Waals surface area contributed by atoms with Gasteiger partial charge in [0.25, 0.3) is 0 Å². The van der Waals surface area contributed by atoms with Crippen LogP contribution in [0, 0.1) is 11.8 Å². The Morgan fingerprint density at radius 3 is 1.60 bits per heavy atom. The molecule has 2 atom stereocenters. The van der Waals surface area contributed by atoms with Crippen molar-refractivity contribution in [3.05, 3.63) is 63.0 Å². The molecule has 10 nitrogen and oxygen atoms in total. The van der Waals surface area contributed by atoms with Crippen LogP contribution < -0.4 is 0 Å². The first kappa shape index (κ1) is 36.9. The lowest BCUT2D eigenvalue weighted by atomic mass is 9.84. The maximum absolute atomic E-state index is 11.5. The van der Waals surface area contributed by atoms with Crippen molar-refractivity contribution in [2.24, 2.45) is 11.8 Å². The second-order valence-electron chi connectivity index (χ2n) is 9.71. The smallest absolute Gasteiger partial charge is 0.330 e. The predicted octanol–water partition coefficient (Wildman–Crippen LogP) is 3.23. The van der Waals surface area contributed by atoms with Crippen LogP contribution in [0.4, 0.5) is 0 Å². The highest BCUT2D eigenvalue weighted by molar-refractivity contribution is 6.14. The first-order chi connectivity index (χ1) is 18.8. The van der Waals surface area contributed by atoms with Crippen LogP contribution in [0.2, 0.25) is 0 Å². The fourth-order valence-electron chi connectivity index (χ4n) is 2.76. The Labute approximate surface area is 239 Å². The van der Waals surface area contributed by atoms with Crippen LogP contribution in [0.15, 0.2) is 63.0 Å². The summed E-state index contributed by atoms with van der Waals surface area (Å²) >= 11 is 0. The summed E-state index contributed by atoms with van der Waals surface area (Å²) in [6, 6.07) is 0. The third-order valence-corrected chi connectivity index (χ3v) is 5.20. The van der Waals surface area contributed by atoms with E-state index in [1.165, 1.54) is 6.08 Å². The van der Waals surface area contributed by atoms with Crippen molar-refractivity contribution in [2.75, 3.05) is 52.9 Å². The summed E-state index contributed by atoms with van der Waals surface area (Å²) in [6.07, 6.45) is 5.14. The Bertz CT molecular complexity index is 817. The van der Waals surface area contributed by atoms with E-state index in [-0.39, 0.29) is 58.8 Å². The molecule has 0 rings (SSSR count). The predicted molar refractivity (Wildman–Crippen MR) is 151 cm³/mol. The lowest BCUT2D eigenvalue weighted by Gasteiger charge is -2.31. The van der Waals surface area contributed by atoms with E-state index in [1.54, 1.807) is 6.92 Å². The number of hydrogen-bond acceptors (Lipinski definition) is 10. The quantitative estimate of drug-likeness (QED) is 0.0434. The molecule has 0 aromatic rings. The summed E-state index contributed by atoms with van der Waals surface area (Å²) in [5, 5.41) is 0. The number of carbonyl (C=O) groups is 3. The second kappa shape index (κ2) is 19.8. The molecule has 0 spiro atoms. The van der Waals surface area contributed by atoms with Crippen LogP contribution in [-0.2, 0) is 47.5 Å². The Morgan fingerprint density at radius 1 is 0.700 bits per heavy atom. The Kier molecular flexibility index (Phi) is 18.3. The molecule has 0 amide bonds. The van der Waals surface area contributed by atoms with Crippen molar-refractivity contribution in [3.8, 4) is 0 Å². The molecule has 0 aromatic carbocycles. The minimum Gasteiger partial charge on any atom is -0.494 e. The summed E-state index contributed by atoms with van der Waals surface area (Å²) in [7, 11) is 6.23. The van der Waals surface area contributed by atoms with Crippen molar-refractivity contribution in [1.29, 1.82) is 0 Å². The highest BCUT2D eigenvalue weighted by atomic mass is 16.6. The summed E-state index contributed by atoms with van der Waals surface area (Å²) in [5.74, 6) is -2.02. The minimum atomic E-state index is -1.13. The molecule has 0 aliphatic rings. The molecule has 11 heteroatoms. The zero-order chi connectivity index (χ0) is 30.6. The Hall–Kier alpha value is -3.15. The Balaban J connectivity index is 4.71. The van der Waals surface area contributed by atoms with E-state index < -0.39 is 34.9 Å². The molecule has 0 aromatic heterocycles. The molecule has 0 fully saturated rings. The minimum absolute atomic E-state index is 0.0247. The molecule has 2 radical (unpaired) electrons. The van der Waals surface area contributed by atoms with Crippen molar-refractivity contribution in [2.45, 2.75) is 38.3 Å². The summed E-state index contributed by atoms with van der Waals surface area (Å²) in [5.41, 5.74) is -1.72. The van der Waals surface area contributed by atoms with E-state index in [9.17, 15) is 14.4 Å². The van der Waals surface area contributed by atoms with Crippen molar-refractivity contribution < 1.29 is 47.5 Å². The van der Waals surface area contributed by atoms with Gasteiger partial charge in [-0.3, -0.25) is 0 Å². The molecule has 2 unspecified atom stereocenters. The van der Waals surface area contributed by atoms with Gasteiger partial charge >= 0.3 is 17.9 Å². The molecule has 0 aliphatic heterocycles. The van der Waals surface area contributed by atoms with Gasteiger partial charge in [0.05, 0.1) is 63.7 Å². The number of rotatable bonds is 24. The monoisotopic (exact) mass is 562 g/mol. The maximum Gasteiger partial charge on any atom is 0.330 e. The largest absolute Gasteiger partial charge is 0.494 e. The zero-order valence-corrected chi connectivity index (χ0v) is 24.0. The number of allylic oxidation sites excluding steroid dienone is 1. The van der Waals surface area contributed by atoms with Gasteiger partial charge in [-0.25, -0.2) is 14.4 Å². The first-order valence-electron chi connectivity index (χ1n) is 12.7. The van der Waals surface area contributed by atoms with Crippen LogP contribution in [0.5, 0.6) is 0 Å². The van der Waals surface area contributed by atoms with Crippen molar-refractivity contribution >= 4 is 25.8 Å². The van der Waals surface area contributed by atoms with Gasteiger partial charge in [-0.05, 0) is 33.3 Å². The van der Waals surface area contributed by atoms with Gasteiger partial charge in [-0.15, -0.1) is 0 Å². The van der Waals surface area contributed by atoms with Gasteiger partial charge in [0.2, 0.25) is 0 Å². The first-order valence-corrected chi connectivity index (χ1v) is 12.7. The van der Waals surface area contributed by atoms with Crippen LogP contribution in [0.3, 0.4) is 0 Å². The van der Waals surface area contributed by atoms with Gasteiger partial charge in [-0.2, -0.15) is 0 Å². The summed E-state index contributed by atoms with van der Waals surface area (Å²) < 4.78 is 38.3. The highest BCUT2D eigenvalue weighted by Crippen LogP contribution is 2.19. The second-order valence-corrected chi connectivity index (χ2v) is 9.71. The molecule has 0 N–H and O–H groups in total. The average molecular weight is 562 g/mol. The van der Waals surface area contributed by atoms with Gasteiger partial charge in [0, 0.05) is 30.3 Å². The summed E-state index contributed by atoms with van der Waals surface area (Å²) in [6.45, 7) is 23.7. The fraction of sp³-hybridized carbons (Fsp3) is 0.552. The molecule has 0 saturated heterocycles. The molecular weight excluding hydrogens is 519 g/mol. The lowest BCUT2D eigenvalue weighted by Crippen LogP contribution is -2.39. The van der Waals surface area contributed by atoms with E-state index in [0.29, 0.717) is 12.2 Å². The molecule has 0 bridgehead atoms. The van der Waals surface area contributed by atoms with E-state index in [4.69, 9.17) is 41.0 Å². The average Bonchev–Trinajstić information content (AvgIpc) is 2.92. The van der Waals surface area contributed by atoms with Gasteiger partial charge < -0.3 is 33.2 Å². The Morgan fingerprint density at radius 2 is 1.15 bits per heavy atom. The number of hydrogen-bond donors (Lipinski definition) is 0. The molecule has 0 aliphatic carbocycles. The summed E-state index contributed by atoms with van der Waals surface area (Å²) in [4.78, 5) is 34.2. The van der Waals surface area contributed by atoms with E-state index in [2.05, 4.69) is 32.9 Å².